The molecule has 0 saturated carbocycles. The molecule has 0 bridgehead atoms. The van der Waals surface area contributed by atoms with E-state index in [2.05, 4.69) is 0 Å². The Bertz CT molecular complexity index is 612. The van der Waals surface area contributed by atoms with E-state index < -0.39 is 6.10 Å². The zero-order chi connectivity index (χ0) is 15.4. The lowest BCUT2D eigenvalue weighted by molar-refractivity contribution is 0.220. The van der Waals surface area contributed by atoms with Crippen LogP contribution < -0.4 is 9.47 Å². The van der Waals surface area contributed by atoms with E-state index in [1.54, 1.807) is 43.5 Å². The number of ether oxygens (including phenoxy) is 2. The molecule has 0 fully saturated rings. The largest absolute Gasteiger partial charge is 0.497 e. The Hall–Kier alpha value is -1.42. The molecule has 1 atom stereocenters. The van der Waals surface area contributed by atoms with Gasteiger partial charge in [-0.1, -0.05) is 35.3 Å². The predicted octanol–water partition coefficient (Wildman–Crippen LogP) is 4.48. The highest BCUT2D eigenvalue weighted by molar-refractivity contribution is 6.34. The summed E-state index contributed by atoms with van der Waals surface area (Å²) < 4.78 is 10.5. The van der Waals surface area contributed by atoms with E-state index in [0.717, 1.165) is 5.75 Å². The molecular formula is C16H16Cl2O3. The van der Waals surface area contributed by atoms with Crippen molar-refractivity contribution in [3.8, 4) is 11.5 Å². The minimum atomic E-state index is -0.864. The summed E-state index contributed by atoms with van der Waals surface area (Å²) in [6.45, 7) is 2.36. The molecule has 1 unspecified atom stereocenters. The van der Waals surface area contributed by atoms with E-state index in [9.17, 15) is 5.11 Å². The summed E-state index contributed by atoms with van der Waals surface area (Å²) in [6, 6.07) is 10.4. The van der Waals surface area contributed by atoms with Gasteiger partial charge in [-0.15, -0.1) is 0 Å². The molecule has 2 aromatic rings. The normalized spacial score (nSPS) is 12.0. The summed E-state index contributed by atoms with van der Waals surface area (Å²) in [6.07, 6.45) is -0.864. The lowest BCUT2D eigenvalue weighted by atomic mass is 10.0. The summed E-state index contributed by atoms with van der Waals surface area (Å²) >= 11 is 12.4. The van der Waals surface area contributed by atoms with Gasteiger partial charge >= 0.3 is 0 Å². The minimum Gasteiger partial charge on any atom is -0.497 e. The predicted molar refractivity (Wildman–Crippen MR) is 84.7 cm³/mol. The molecule has 0 aromatic heterocycles. The summed E-state index contributed by atoms with van der Waals surface area (Å²) in [7, 11) is 1.59. The number of hydrogen-bond acceptors (Lipinski definition) is 3. The topological polar surface area (TPSA) is 38.7 Å². The molecule has 3 nitrogen and oxygen atoms in total. The van der Waals surface area contributed by atoms with E-state index in [-0.39, 0.29) is 0 Å². The van der Waals surface area contributed by atoms with Crippen LogP contribution in [0.4, 0.5) is 0 Å². The second-order valence-electron chi connectivity index (χ2n) is 4.41. The van der Waals surface area contributed by atoms with Crippen molar-refractivity contribution in [3.05, 3.63) is 57.6 Å². The van der Waals surface area contributed by atoms with Crippen molar-refractivity contribution in [1.82, 2.24) is 0 Å². The Kier molecular flexibility index (Phi) is 5.34. The van der Waals surface area contributed by atoms with E-state index in [1.807, 2.05) is 6.92 Å². The Morgan fingerprint density at radius 2 is 1.76 bits per heavy atom. The molecule has 2 rings (SSSR count). The van der Waals surface area contributed by atoms with Gasteiger partial charge in [0.05, 0.1) is 23.8 Å². The first kappa shape index (κ1) is 16.0. The van der Waals surface area contributed by atoms with Gasteiger partial charge in [0, 0.05) is 11.6 Å². The molecule has 21 heavy (non-hydrogen) atoms. The van der Waals surface area contributed by atoms with Gasteiger partial charge in [0.2, 0.25) is 0 Å². The molecular weight excluding hydrogens is 311 g/mol. The van der Waals surface area contributed by atoms with Gasteiger partial charge in [-0.25, -0.2) is 0 Å². The maximum atomic E-state index is 10.5. The first-order valence-electron chi connectivity index (χ1n) is 6.50. The molecule has 0 radical (unpaired) electrons. The Morgan fingerprint density at radius 3 is 2.33 bits per heavy atom. The third kappa shape index (κ3) is 3.62. The first-order chi connectivity index (χ1) is 10.1. The van der Waals surface area contributed by atoms with Crippen LogP contribution in [0.5, 0.6) is 11.5 Å². The average molecular weight is 327 g/mol. The van der Waals surface area contributed by atoms with Crippen molar-refractivity contribution in [2.24, 2.45) is 0 Å². The van der Waals surface area contributed by atoms with E-state index >= 15 is 0 Å². The fraction of sp³-hybridized carbons (Fsp3) is 0.250. The third-order valence-corrected chi connectivity index (χ3v) is 3.70. The number of rotatable bonds is 5. The van der Waals surface area contributed by atoms with Gasteiger partial charge in [-0.05, 0) is 30.7 Å². The van der Waals surface area contributed by atoms with Crippen LogP contribution in [0, 0.1) is 0 Å². The van der Waals surface area contributed by atoms with Crippen LogP contribution in [0.25, 0.3) is 0 Å². The van der Waals surface area contributed by atoms with Crippen molar-refractivity contribution < 1.29 is 14.6 Å². The van der Waals surface area contributed by atoms with Crippen molar-refractivity contribution in [1.29, 1.82) is 0 Å². The van der Waals surface area contributed by atoms with Gasteiger partial charge in [0.1, 0.15) is 17.6 Å². The zero-order valence-electron chi connectivity index (χ0n) is 11.8. The molecule has 0 amide bonds. The molecule has 112 valence electrons. The highest BCUT2D eigenvalue weighted by Gasteiger charge is 2.17. The number of methoxy groups -OCH3 is 1. The highest BCUT2D eigenvalue weighted by Crippen LogP contribution is 2.36. The van der Waals surface area contributed by atoms with Gasteiger partial charge in [-0.2, -0.15) is 0 Å². The standard InChI is InChI=1S/C16H16Cl2O3/c1-3-21-15-9-13(17)12(8-14(15)18)16(19)10-4-6-11(20-2)7-5-10/h4-9,16,19H,3H2,1-2H3. The number of aliphatic hydroxyl groups excluding tert-OH is 1. The second kappa shape index (κ2) is 7.03. The molecule has 0 spiro atoms. The van der Waals surface area contributed by atoms with Crippen LogP contribution in [-0.4, -0.2) is 18.8 Å². The number of halogens is 2. The lowest BCUT2D eigenvalue weighted by Gasteiger charge is -2.16. The quantitative estimate of drug-likeness (QED) is 0.880. The molecule has 1 N–H and O–H groups in total. The second-order valence-corrected chi connectivity index (χ2v) is 5.23. The molecule has 0 saturated heterocycles. The zero-order valence-corrected chi connectivity index (χ0v) is 13.3. The summed E-state index contributed by atoms with van der Waals surface area (Å²) in [5, 5.41) is 11.3. The van der Waals surface area contributed by atoms with Gasteiger partial charge in [-0.3, -0.25) is 0 Å². The molecule has 0 aliphatic carbocycles. The van der Waals surface area contributed by atoms with Crippen LogP contribution in [0.2, 0.25) is 10.0 Å². The van der Waals surface area contributed by atoms with Crippen LogP contribution in [-0.2, 0) is 0 Å². The van der Waals surface area contributed by atoms with Gasteiger partial charge < -0.3 is 14.6 Å². The van der Waals surface area contributed by atoms with E-state index in [1.165, 1.54) is 0 Å². The summed E-state index contributed by atoms with van der Waals surface area (Å²) in [4.78, 5) is 0. The average Bonchev–Trinajstić information content (AvgIpc) is 2.50. The third-order valence-electron chi connectivity index (χ3n) is 3.08. The maximum absolute atomic E-state index is 10.5. The van der Waals surface area contributed by atoms with Crippen molar-refractivity contribution in [3.63, 3.8) is 0 Å². The Morgan fingerprint density at radius 1 is 1.10 bits per heavy atom. The Balaban J connectivity index is 2.33. The highest BCUT2D eigenvalue weighted by atomic mass is 35.5. The van der Waals surface area contributed by atoms with E-state index in [4.69, 9.17) is 32.7 Å². The molecule has 0 heterocycles. The van der Waals surface area contributed by atoms with Crippen LogP contribution in [0.3, 0.4) is 0 Å². The molecule has 0 aliphatic heterocycles. The maximum Gasteiger partial charge on any atom is 0.139 e. The summed E-state index contributed by atoms with van der Waals surface area (Å²) in [5.41, 5.74) is 1.24. The molecule has 5 heteroatoms. The smallest absolute Gasteiger partial charge is 0.139 e. The van der Waals surface area contributed by atoms with Crippen molar-refractivity contribution >= 4 is 23.2 Å². The fourth-order valence-electron chi connectivity index (χ4n) is 1.99. The van der Waals surface area contributed by atoms with Gasteiger partial charge in [0.15, 0.2) is 0 Å². The number of aliphatic hydroxyl groups is 1. The van der Waals surface area contributed by atoms with Crippen molar-refractivity contribution in [2.45, 2.75) is 13.0 Å². The van der Waals surface area contributed by atoms with Crippen LogP contribution in [0.1, 0.15) is 24.2 Å². The molecule has 2 aromatic carbocycles. The van der Waals surface area contributed by atoms with Crippen LogP contribution in [0.15, 0.2) is 36.4 Å². The fourth-order valence-corrected chi connectivity index (χ4v) is 2.47. The Labute approximate surface area is 134 Å². The summed E-state index contributed by atoms with van der Waals surface area (Å²) in [5.74, 6) is 1.23. The SMILES string of the molecule is CCOc1cc(Cl)c(C(O)c2ccc(OC)cc2)cc1Cl. The monoisotopic (exact) mass is 326 g/mol. The minimum absolute atomic E-state index is 0.408. The number of hydrogen-bond donors (Lipinski definition) is 1. The lowest BCUT2D eigenvalue weighted by Crippen LogP contribution is -2.02. The van der Waals surface area contributed by atoms with Crippen molar-refractivity contribution in [2.75, 3.05) is 13.7 Å². The van der Waals surface area contributed by atoms with Crippen LogP contribution >= 0.6 is 23.2 Å². The number of benzene rings is 2. The van der Waals surface area contributed by atoms with Gasteiger partial charge in [0.25, 0.3) is 0 Å². The first-order valence-corrected chi connectivity index (χ1v) is 7.26. The van der Waals surface area contributed by atoms with E-state index in [0.29, 0.717) is 33.5 Å². The molecule has 0 aliphatic rings.